The van der Waals surface area contributed by atoms with Gasteiger partial charge in [-0.15, -0.1) is 0 Å². The number of nitrogens with zero attached hydrogens (tertiary/aromatic N) is 3. The standard InChI is InChI=1S/C22H23N3O4/c1-15(23-13-12-16-8-10-18(26)11-9-16)21-19(14-20(27)29-2)24-25(22(21)28)17-6-4-3-5-7-17/h3-11,21,26H,12-14H2,1-2H3. The Labute approximate surface area is 169 Å². The van der Waals surface area contributed by atoms with Gasteiger partial charge in [-0.2, -0.15) is 10.1 Å². The van der Waals surface area contributed by atoms with Gasteiger partial charge in [0.05, 0.1) is 24.9 Å². The molecule has 1 amide bonds. The highest BCUT2D eigenvalue weighted by Gasteiger charge is 2.39. The van der Waals surface area contributed by atoms with Crippen molar-refractivity contribution in [2.45, 2.75) is 19.8 Å². The number of ether oxygens (including phenoxy) is 1. The van der Waals surface area contributed by atoms with E-state index in [4.69, 9.17) is 4.74 Å². The van der Waals surface area contributed by atoms with Gasteiger partial charge in [0.1, 0.15) is 11.7 Å². The predicted octanol–water partition coefficient (Wildman–Crippen LogP) is 2.98. The van der Waals surface area contributed by atoms with Crippen molar-refractivity contribution in [2.24, 2.45) is 16.0 Å². The van der Waals surface area contributed by atoms with Crippen molar-refractivity contribution in [1.82, 2.24) is 0 Å². The van der Waals surface area contributed by atoms with Crippen molar-refractivity contribution in [1.29, 1.82) is 0 Å². The second-order valence-corrected chi connectivity index (χ2v) is 6.70. The number of hydrogen-bond donors (Lipinski definition) is 1. The summed E-state index contributed by atoms with van der Waals surface area (Å²) in [6.45, 7) is 2.26. The third-order valence-corrected chi connectivity index (χ3v) is 4.69. The van der Waals surface area contributed by atoms with E-state index in [-0.39, 0.29) is 18.1 Å². The van der Waals surface area contributed by atoms with E-state index in [9.17, 15) is 14.7 Å². The maximum absolute atomic E-state index is 13.0. The summed E-state index contributed by atoms with van der Waals surface area (Å²) in [4.78, 5) is 29.4. The number of hydrazone groups is 1. The molecule has 0 saturated carbocycles. The van der Waals surface area contributed by atoms with Crippen LogP contribution in [0.5, 0.6) is 5.75 Å². The molecular weight excluding hydrogens is 370 g/mol. The molecule has 1 aliphatic heterocycles. The summed E-state index contributed by atoms with van der Waals surface area (Å²) < 4.78 is 4.76. The third-order valence-electron chi connectivity index (χ3n) is 4.69. The van der Waals surface area contributed by atoms with Gasteiger partial charge in [-0.05, 0) is 43.2 Å². The number of hydrogen-bond acceptors (Lipinski definition) is 6. The predicted molar refractivity (Wildman–Crippen MR) is 111 cm³/mol. The number of aliphatic imine (C=N–C) groups is 1. The number of carbonyl (C=O) groups is 2. The van der Waals surface area contributed by atoms with Crippen LogP contribution in [0.25, 0.3) is 0 Å². The van der Waals surface area contributed by atoms with Crippen molar-refractivity contribution >= 4 is 29.0 Å². The van der Waals surface area contributed by atoms with Crippen LogP contribution in [0.2, 0.25) is 0 Å². The summed E-state index contributed by atoms with van der Waals surface area (Å²) in [7, 11) is 1.31. The lowest BCUT2D eigenvalue weighted by molar-refractivity contribution is -0.139. The molecule has 1 heterocycles. The zero-order valence-electron chi connectivity index (χ0n) is 16.4. The lowest BCUT2D eigenvalue weighted by Crippen LogP contribution is -2.33. The average molecular weight is 393 g/mol. The molecule has 0 saturated heterocycles. The molecule has 2 aromatic carbocycles. The van der Waals surface area contributed by atoms with Crippen LogP contribution in [0, 0.1) is 5.92 Å². The van der Waals surface area contributed by atoms with Crippen LogP contribution >= 0.6 is 0 Å². The van der Waals surface area contributed by atoms with Crippen molar-refractivity contribution in [3.8, 4) is 5.75 Å². The smallest absolute Gasteiger partial charge is 0.311 e. The van der Waals surface area contributed by atoms with E-state index in [1.807, 2.05) is 30.3 Å². The van der Waals surface area contributed by atoms with Crippen molar-refractivity contribution in [3.05, 3.63) is 60.2 Å². The van der Waals surface area contributed by atoms with Gasteiger partial charge in [-0.1, -0.05) is 30.3 Å². The van der Waals surface area contributed by atoms with E-state index in [0.717, 1.165) is 5.56 Å². The van der Waals surface area contributed by atoms with Crippen LogP contribution in [0.1, 0.15) is 18.9 Å². The van der Waals surface area contributed by atoms with Gasteiger partial charge in [0.25, 0.3) is 5.91 Å². The Bertz CT molecular complexity index is 936. The van der Waals surface area contributed by atoms with E-state index in [0.29, 0.717) is 30.1 Å². The zero-order chi connectivity index (χ0) is 20.8. The van der Waals surface area contributed by atoms with Gasteiger partial charge in [0, 0.05) is 12.3 Å². The molecule has 0 aromatic heterocycles. The number of aromatic hydroxyl groups is 1. The molecule has 1 unspecified atom stereocenters. The fourth-order valence-electron chi connectivity index (χ4n) is 3.15. The Hall–Kier alpha value is -3.48. The zero-order valence-corrected chi connectivity index (χ0v) is 16.4. The van der Waals surface area contributed by atoms with Gasteiger partial charge >= 0.3 is 5.97 Å². The number of benzene rings is 2. The minimum atomic E-state index is -0.686. The van der Waals surface area contributed by atoms with Gasteiger partial charge in [0.15, 0.2) is 0 Å². The van der Waals surface area contributed by atoms with E-state index in [1.165, 1.54) is 12.1 Å². The highest BCUT2D eigenvalue weighted by molar-refractivity contribution is 6.30. The second-order valence-electron chi connectivity index (χ2n) is 6.70. The second kappa shape index (κ2) is 9.14. The van der Waals surface area contributed by atoms with Gasteiger partial charge in [0.2, 0.25) is 0 Å². The van der Waals surface area contributed by atoms with Crippen LogP contribution < -0.4 is 5.01 Å². The van der Waals surface area contributed by atoms with Crippen LogP contribution in [0.3, 0.4) is 0 Å². The molecule has 0 radical (unpaired) electrons. The minimum absolute atomic E-state index is 0.0684. The molecule has 1 atom stereocenters. The number of phenolic OH excluding ortho intramolecular Hbond substituents is 1. The first kappa shape index (κ1) is 20.3. The first-order chi connectivity index (χ1) is 14.0. The van der Waals surface area contributed by atoms with Crippen LogP contribution in [0.15, 0.2) is 64.7 Å². The minimum Gasteiger partial charge on any atom is -0.508 e. The lowest BCUT2D eigenvalue weighted by Gasteiger charge is -2.14. The van der Waals surface area contributed by atoms with Crippen molar-refractivity contribution in [3.63, 3.8) is 0 Å². The average Bonchev–Trinajstić information content (AvgIpc) is 3.05. The molecule has 7 nitrogen and oxygen atoms in total. The van der Waals surface area contributed by atoms with E-state index < -0.39 is 11.9 Å². The Morgan fingerprint density at radius 3 is 2.52 bits per heavy atom. The molecule has 0 bridgehead atoms. The SMILES string of the molecule is COC(=O)CC1=NN(c2ccccc2)C(=O)C1C(C)=NCCc1ccc(O)cc1. The lowest BCUT2D eigenvalue weighted by atomic mass is 9.96. The van der Waals surface area contributed by atoms with Gasteiger partial charge in [-0.3, -0.25) is 14.6 Å². The number of esters is 1. The number of carbonyl (C=O) groups excluding carboxylic acids is 2. The molecule has 7 heteroatoms. The largest absolute Gasteiger partial charge is 0.508 e. The van der Waals surface area contributed by atoms with Crippen molar-refractivity contribution in [2.75, 3.05) is 18.7 Å². The Balaban J connectivity index is 1.78. The molecule has 1 N–H and O–H groups in total. The molecule has 3 rings (SSSR count). The summed E-state index contributed by atoms with van der Waals surface area (Å²) in [5.74, 6) is -1.15. The molecule has 0 fully saturated rings. The summed E-state index contributed by atoms with van der Waals surface area (Å²) in [5.41, 5.74) is 2.71. The number of anilines is 1. The summed E-state index contributed by atoms with van der Waals surface area (Å²) in [6.07, 6.45) is 0.603. The molecule has 29 heavy (non-hydrogen) atoms. The number of rotatable bonds is 7. The van der Waals surface area contributed by atoms with Crippen LogP contribution in [-0.4, -0.2) is 42.1 Å². The molecule has 0 spiro atoms. The van der Waals surface area contributed by atoms with Gasteiger partial charge < -0.3 is 9.84 Å². The van der Waals surface area contributed by atoms with Crippen molar-refractivity contribution < 1.29 is 19.4 Å². The Morgan fingerprint density at radius 2 is 1.86 bits per heavy atom. The highest BCUT2D eigenvalue weighted by Crippen LogP contribution is 2.26. The van der Waals surface area contributed by atoms with E-state index in [1.54, 1.807) is 31.2 Å². The topological polar surface area (TPSA) is 91.6 Å². The van der Waals surface area contributed by atoms with E-state index in [2.05, 4.69) is 10.1 Å². The van der Waals surface area contributed by atoms with Crippen LogP contribution in [0.4, 0.5) is 5.69 Å². The number of para-hydroxylation sites is 1. The molecule has 150 valence electrons. The normalized spacial score (nSPS) is 16.7. The third kappa shape index (κ3) is 4.87. The Kier molecular flexibility index (Phi) is 6.39. The van der Waals surface area contributed by atoms with E-state index >= 15 is 0 Å². The summed E-state index contributed by atoms with van der Waals surface area (Å²) in [5, 5.41) is 15.1. The number of amides is 1. The maximum Gasteiger partial charge on any atom is 0.311 e. The number of methoxy groups -OCH3 is 1. The molecule has 0 aliphatic carbocycles. The fourth-order valence-corrected chi connectivity index (χ4v) is 3.15. The molecule has 1 aliphatic rings. The first-order valence-corrected chi connectivity index (χ1v) is 9.31. The first-order valence-electron chi connectivity index (χ1n) is 9.31. The molecular formula is C22H23N3O4. The Morgan fingerprint density at radius 1 is 1.17 bits per heavy atom. The quantitative estimate of drug-likeness (QED) is 0.578. The van der Waals surface area contributed by atoms with Crippen LogP contribution in [-0.2, 0) is 20.7 Å². The van der Waals surface area contributed by atoms with Gasteiger partial charge in [-0.25, -0.2) is 0 Å². The molecule has 2 aromatic rings. The monoisotopic (exact) mass is 393 g/mol. The fraction of sp³-hybridized carbons (Fsp3) is 0.273. The number of phenols is 1. The maximum atomic E-state index is 13.0. The summed E-state index contributed by atoms with van der Waals surface area (Å²) >= 11 is 0. The summed E-state index contributed by atoms with van der Waals surface area (Å²) in [6, 6.07) is 16.0. The highest BCUT2D eigenvalue weighted by atomic mass is 16.5.